The van der Waals surface area contributed by atoms with Gasteiger partial charge in [0.25, 0.3) is 0 Å². The maximum Gasteiger partial charge on any atom is 0.0808 e. The van der Waals surface area contributed by atoms with E-state index in [1.54, 1.807) is 0 Å². The van der Waals surface area contributed by atoms with Crippen LogP contribution >= 0.6 is 0 Å². The Labute approximate surface area is 117 Å². The van der Waals surface area contributed by atoms with Crippen LogP contribution < -0.4 is 0 Å². The van der Waals surface area contributed by atoms with E-state index in [-0.39, 0.29) is 0 Å². The van der Waals surface area contributed by atoms with E-state index in [0.717, 1.165) is 12.0 Å². The van der Waals surface area contributed by atoms with E-state index >= 15 is 0 Å². The summed E-state index contributed by atoms with van der Waals surface area (Å²) in [5.41, 5.74) is 1.14. The first kappa shape index (κ1) is 15.9. The Morgan fingerprint density at radius 1 is 1.16 bits per heavy atom. The van der Waals surface area contributed by atoms with Crippen molar-refractivity contribution in [1.82, 2.24) is 0 Å². The van der Waals surface area contributed by atoms with Crippen LogP contribution in [-0.4, -0.2) is 17.8 Å². The van der Waals surface area contributed by atoms with Crippen LogP contribution in [0.4, 0.5) is 0 Å². The predicted octanol–water partition coefficient (Wildman–Crippen LogP) is 4.09. The number of benzene rings is 1. The molecule has 0 aliphatic rings. The van der Waals surface area contributed by atoms with Crippen molar-refractivity contribution in [2.24, 2.45) is 0 Å². The van der Waals surface area contributed by atoms with Crippen molar-refractivity contribution in [2.75, 3.05) is 6.61 Å². The molecule has 0 unspecified atom stereocenters. The summed E-state index contributed by atoms with van der Waals surface area (Å²) in [6.07, 6.45) is 9.41. The normalized spacial score (nSPS) is 12.9. The van der Waals surface area contributed by atoms with Crippen LogP contribution in [0.5, 0.6) is 0 Å². The number of aliphatic hydroxyl groups is 1. The van der Waals surface area contributed by atoms with Crippen LogP contribution in [0.1, 0.15) is 44.6 Å². The van der Waals surface area contributed by atoms with E-state index < -0.39 is 6.10 Å². The zero-order valence-electron chi connectivity index (χ0n) is 11.9. The van der Waals surface area contributed by atoms with Crippen LogP contribution in [0.2, 0.25) is 0 Å². The summed E-state index contributed by atoms with van der Waals surface area (Å²) >= 11 is 0. The van der Waals surface area contributed by atoms with Gasteiger partial charge in [0, 0.05) is 0 Å². The quantitative estimate of drug-likeness (QED) is 0.508. The Morgan fingerprint density at radius 2 is 1.95 bits per heavy atom. The van der Waals surface area contributed by atoms with Crippen molar-refractivity contribution >= 4 is 0 Å². The summed E-state index contributed by atoms with van der Waals surface area (Å²) in [5.74, 6) is 0. The maximum atomic E-state index is 9.75. The molecule has 1 rings (SSSR count). The first-order valence-corrected chi connectivity index (χ1v) is 7.27. The fraction of sp³-hybridized carbons (Fsp3) is 0.529. The maximum absolute atomic E-state index is 9.75. The van der Waals surface area contributed by atoms with Gasteiger partial charge in [-0.1, -0.05) is 62.2 Å². The second-order valence-corrected chi connectivity index (χ2v) is 4.86. The monoisotopic (exact) mass is 262 g/mol. The number of allylic oxidation sites excluding steroid dienone is 1. The third-order valence-electron chi connectivity index (χ3n) is 2.97. The number of ether oxygens (including phenoxy) is 1. The molecule has 0 heterocycles. The molecule has 0 spiro atoms. The molecule has 0 radical (unpaired) electrons. The lowest BCUT2D eigenvalue weighted by molar-refractivity contribution is 0.0301. The molecule has 0 saturated heterocycles. The van der Waals surface area contributed by atoms with Gasteiger partial charge >= 0.3 is 0 Å². The highest BCUT2D eigenvalue weighted by Gasteiger charge is 2.01. The fourth-order valence-corrected chi connectivity index (χ4v) is 1.84. The molecule has 1 N–H and O–H groups in total. The fourth-order valence-electron chi connectivity index (χ4n) is 1.84. The van der Waals surface area contributed by atoms with Gasteiger partial charge in [-0.15, -0.1) is 0 Å². The lowest BCUT2D eigenvalue weighted by Gasteiger charge is -2.09. The molecule has 2 nitrogen and oxygen atoms in total. The molecule has 0 aromatic heterocycles. The van der Waals surface area contributed by atoms with Gasteiger partial charge in [-0.3, -0.25) is 0 Å². The van der Waals surface area contributed by atoms with Crippen LogP contribution in [0.15, 0.2) is 42.5 Å². The van der Waals surface area contributed by atoms with Crippen molar-refractivity contribution < 1.29 is 9.84 Å². The summed E-state index contributed by atoms with van der Waals surface area (Å²) in [5, 5.41) is 9.75. The molecule has 106 valence electrons. The van der Waals surface area contributed by atoms with Crippen LogP contribution in [0.25, 0.3) is 0 Å². The summed E-state index contributed by atoms with van der Waals surface area (Å²) in [6, 6.07) is 10.0. The Kier molecular flexibility index (Phi) is 9.03. The minimum atomic E-state index is -0.397. The average Bonchev–Trinajstić information content (AvgIpc) is 2.44. The van der Waals surface area contributed by atoms with Crippen molar-refractivity contribution in [3.05, 3.63) is 48.0 Å². The molecule has 0 amide bonds. The minimum absolute atomic E-state index is 0.397. The number of unbranched alkanes of at least 4 members (excludes halogenated alkanes) is 3. The molecule has 2 heteroatoms. The van der Waals surface area contributed by atoms with E-state index in [4.69, 9.17) is 4.74 Å². The number of hydrogen-bond donors (Lipinski definition) is 1. The van der Waals surface area contributed by atoms with Crippen molar-refractivity contribution in [3.63, 3.8) is 0 Å². The van der Waals surface area contributed by atoms with Gasteiger partial charge in [-0.05, 0) is 24.8 Å². The van der Waals surface area contributed by atoms with Crippen molar-refractivity contribution in [3.8, 4) is 0 Å². The van der Waals surface area contributed by atoms with Crippen molar-refractivity contribution in [1.29, 1.82) is 0 Å². The molecular weight excluding hydrogens is 236 g/mol. The average molecular weight is 262 g/mol. The molecule has 0 aliphatic carbocycles. The van der Waals surface area contributed by atoms with Gasteiger partial charge in [-0.2, -0.15) is 0 Å². The van der Waals surface area contributed by atoms with Crippen LogP contribution in [-0.2, 0) is 11.3 Å². The third kappa shape index (κ3) is 8.57. The minimum Gasteiger partial charge on any atom is -0.390 e. The van der Waals surface area contributed by atoms with E-state index in [2.05, 4.69) is 19.1 Å². The van der Waals surface area contributed by atoms with Gasteiger partial charge in [0.05, 0.1) is 19.3 Å². The van der Waals surface area contributed by atoms with Gasteiger partial charge < -0.3 is 9.84 Å². The smallest absolute Gasteiger partial charge is 0.0808 e. The van der Waals surface area contributed by atoms with Crippen LogP contribution in [0.3, 0.4) is 0 Å². The summed E-state index contributed by atoms with van der Waals surface area (Å²) in [6.45, 7) is 3.17. The second kappa shape index (κ2) is 10.8. The number of hydrogen-bond acceptors (Lipinski definition) is 2. The Hall–Kier alpha value is -1.12. The van der Waals surface area contributed by atoms with E-state index in [0.29, 0.717) is 19.6 Å². The molecular formula is C17H26O2. The lowest BCUT2D eigenvalue weighted by Crippen LogP contribution is -2.14. The third-order valence-corrected chi connectivity index (χ3v) is 2.97. The lowest BCUT2D eigenvalue weighted by atomic mass is 10.2. The van der Waals surface area contributed by atoms with Gasteiger partial charge in [-0.25, -0.2) is 0 Å². The molecule has 0 aliphatic heterocycles. The zero-order valence-corrected chi connectivity index (χ0v) is 11.9. The van der Waals surface area contributed by atoms with Crippen LogP contribution in [0, 0.1) is 0 Å². The molecule has 0 bridgehead atoms. The van der Waals surface area contributed by atoms with E-state index in [1.807, 2.05) is 30.3 Å². The predicted molar refractivity (Wildman–Crippen MR) is 80.0 cm³/mol. The Morgan fingerprint density at radius 3 is 2.68 bits per heavy atom. The topological polar surface area (TPSA) is 29.5 Å². The highest BCUT2D eigenvalue weighted by molar-refractivity contribution is 5.13. The highest BCUT2D eigenvalue weighted by Crippen LogP contribution is 2.04. The number of rotatable bonds is 10. The molecule has 0 fully saturated rings. The van der Waals surface area contributed by atoms with Gasteiger partial charge in [0.1, 0.15) is 0 Å². The van der Waals surface area contributed by atoms with E-state index in [1.165, 1.54) is 19.3 Å². The summed E-state index contributed by atoms with van der Waals surface area (Å²) in [4.78, 5) is 0. The number of aliphatic hydroxyl groups excluding tert-OH is 1. The SMILES string of the molecule is CCCCC/C=C\C[C@@H](O)COCc1ccccc1. The first-order chi connectivity index (χ1) is 9.33. The Balaban J connectivity index is 2.03. The molecule has 0 saturated carbocycles. The first-order valence-electron chi connectivity index (χ1n) is 7.27. The highest BCUT2D eigenvalue weighted by atomic mass is 16.5. The second-order valence-electron chi connectivity index (χ2n) is 4.86. The molecule has 19 heavy (non-hydrogen) atoms. The molecule has 1 aromatic rings. The largest absolute Gasteiger partial charge is 0.390 e. The Bertz CT molecular complexity index is 332. The van der Waals surface area contributed by atoms with Crippen molar-refractivity contribution in [2.45, 2.75) is 51.7 Å². The van der Waals surface area contributed by atoms with E-state index in [9.17, 15) is 5.11 Å². The summed E-state index contributed by atoms with van der Waals surface area (Å²) in [7, 11) is 0. The molecule has 1 aromatic carbocycles. The van der Waals surface area contributed by atoms with Gasteiger partial charge in [0.2, 0.25) is 0 Å². The zero-order chi connectivity index (χ0) is 13.8. The standard InChI is InChI=1S/C17H26O2/c1-2-3-4-5-6-10-13-17(18)15-19-14-16-11-8-7-9-12-16/h6-12,17-18H,2-5,13-15H2,1H3/b10-6-/t17-/m1/s1. The van der Waals surface area contributed by atoms with Gasteiger partial charge in [0.15, 0.2) is 0 Å². The summed E-state index contributed by atoms with van der Waals surface area (Å²) < 4.78 is 5.49. The molecule has 1 atom stereocenters.